The maximum absolute atomic E-state index is 11.0. The van der Waals surface area contributed by atoms with Gasteiger partial charge in [-0.1, -0.05) is 27.7 Å². The van der Waals surface area contributed by atoms with Crippen LogP contribution >= 0.6 is 0 Å². The normalized spacial score (nSPS) is 11.1. The van der Waals surface area contributed by atoms with Crippen LogP contribution < -0.4 is 4.90 Å². The number of benzene rings is 1. The zero-order valence-corrected chi connectivity index (χ0v) is 12.6. The van der Waals surface area contributed by atoms with Crippen molar-refractivity contribution in [2.45, 2.75) is 34.6 Å². The molecule has 0 unspecified atom stereocenters. The lowest BCUT2D eigenvalue weighted by molar-refractivity contribution is 0.0696. The number of rotatable bonds is 6. The molecule has 0 fully saturated rings. The molecule has 0 aliphatic heterocycles. The molecule has 1 N–H and O–H groups in total. The summed E-state index contributed by atoms with van der Waals surface area (Å²) < 4.78 is 0. The van der Waals surface area contributed by atoms with E-state index in [0.29, 0.717) is 17.4 Å². The lowest BCUT2D eigenvalue weighted by Crippen LogP contribution is -2.31. The van der Waals surface area contributed by atoms with E-state index in [4.69, 9.17) is 5.11 Å². The van der Waals surface area contributed by atoms with E-state index in [0.717, 1.165) is 24.3 Å². The largest absolute Gasteiger partial charge is 0.478 e. The highest BCUT2D eigenvalue weighted by molar-refractivity contribution is 5.89. The van der Waals surface area contributed by atoms with Crippen LogP contribution in [0.1, 0.15) is 43.6 Å². The fourth-order valence-corrected chi connectivity index (χ4v) is 2.25. The number of carboxylic acids is 1. The molecule has 1 aromatic rings. The standard InChI is InChI=1S/C16H25NO2/c1-11(2)9-17(10-12(3)4)14-6-7-15(16(18)19)13(5)8-14/h6-8,11-12H,9-10H2,1-5H3,(H,18,19). The Hall–Kier alpha value is -1.51. The van der Waals surface area contributed by atoms with E-state index in [-0.39, 0.29) is 0 Å². The number of hydrogen-bond acceptors (Lipinski definition) is 2. The van der Waals surface area contributed by atoms with E-state index in [1.54, 1.807) is 6.07 Å². The van der Waals surface area contributed by atoms with Gasteiger partial charge in [0.2, 0.25) is 0 Å². The van der Waals surface area contributed by atoms with Crippen LogP contribution in [0, 0.1) is 18.8 Å². The molecule has 1 aromatic carbocycles. The second kappa shape index (κ2) is 6.60. The molecule has 0 atom stereocenters. The molecule has 0 heterocycles. The number of anilines is 1. The Kier molecular flexibility index (Phi) is 5.40. The Morgan fingerprint density at radius 1 is 1.16 bits per heavy atom. The number of hydrogen-bond donors (Lipinski definition) is 1. The lowest BCUT2D eigenvalue weighted by atomic mass is 10.1. The Bertz CT molecular complexity index is 428. The molecular weight excluding hydrogens is 238 g/mol. The summed E-state index contributed by atoms with van der Waals surface area (Å²) in [6.45, 7) is 12.6. The average Bonchev–Trinajstić information content (AvgIpc) is 2.26. The van der Waals surface area contributed by atoms with Gasteiger partial charge in [0.05, 0.1) is 5.56 Å². The summed E-state index contributed by atoms with van der Waals surface area (Å²) in [4.78, 5) is 13.4. The van der Waals surface area contributed by atoms with Crippen LogP contribution in [0.25, 0.3) is 0 Å². The van der Waals surface area contributed by atoms with Gasteiger partial charge < -0.3 is 10.0 Å². The van der Waals surface area contributed by atoms with Crippen molar-refractivity contribution in [2.75, 3.05) is 18.0 Å². The first kappa shape index (κ1) is 15.5. The maximum atomic E-state index is 11.0. The first-order chi connectivity index (χ1) is 8.81. The molecule has 0 saturated heterocycles. The van der Waals surface area contributed by atoms with Crippen LogP contribution in [0.3, 0.4) is 0 Å². The van der Waals surface area contributed by atoms with E-state index in [9.17, 15) is 4.79 Å². The fourth-order valence-electron chi connectivity index (χ4n) is 2.25. The molecule has 3 nitrogen and oxygen atoms in total. The summed E-state index contributed by atoms with van der Waals surface area (Å²) >= 11 is 0. The van der Waals surface area contributed by atoms with Gasteiger partial charge in [-0.15, -0.1) is 0 Å². The number of nitrogens with zero attached hydrogens (tertiary/aromatic N) is 1. The van der Waals surface area contributed by atoms with E-state index < -0.39 is 5.97 Å². The molecule has 0 spiro atoms. The third-order valence-electron chi connectivity index (χ3n) is 2.98. The summed E-state index contributed by atoms with van der Waals surface area (Å²) in [6, 6.07) is 5.61. The van der Waals surface area contributed by atoms with Crippen molar-refractivity contribution in [3.05, 3.63) is 29.3 Å². The molecule has 0 aromatic heterocycles. The smallest absolute Gasteiger partial charge is 0.335 e. The van der Waals surface area contributed by atoms with Gasteiger partial charge in [-0.05, 0) is 42.5 Å². The summed E-state index contributed by atoms with van der Waals surface area (Å²) in [5.41, 5.74) is 2.32. The first-order valence-corrected chi connectivity index (χ1v) is 6.90. The third-order valence-corrected chi connectivity index (χ3v) is 2.98. The molecule has 0 bridgehead atoms. The highest BCUT2D eigenvalue weighted by Gasteiger charge is 2.13. The Labute approximate surface area is 116 Å². The number of aryl methyl sites for hydroxylation is 1. The van der Waals surface area contributed by atoms with E-state index >= 15 is 0 Å². The molecule has 0 radical (unpaired) electrons. The van der Waals surface area contributed by atoms with Gasteiger partial charge >= 0.3 is 5.97 Å². The second-order valence-electron chi connectivity index (χ2n) is 6.00. The Morgan fingerprint density at radius 2 is 1.68 bits per heavy atom. The van der Waals surface area contributed by atoms with Gasteiger partial charge in [0, 0.05) is 18.8 Å². The molecule has 1 rings (SSSR count). The topological polar surface area (TPSA) is 40.5 Å². The molecule has 0 aliphatic rings. The second-order valence-corrected chi connectivity index (χ2v) is 6.00. The van der Waals surface area contributed by atoms with Crippen molar-refractivity contribution in [1.29, 1.82) is 0 Å². The minimum absolute atomic E-state index is 0.387. The molecule has 0 aliphatic carbocycles. The number of aromatic carboxylic acids is 1. The monoisotopic (exact) mass is 263 g/mol. The Morgan fingerprint density at radius 3 is 2.05 bits per heavy atom. The molecular formula is C16H25NO2. The third kappa shape index (κ3) is 4.58. The number of carbonyl (C=O) groups is 1. The molecule has 3 heteroatoms. The van der Waals surface area contributed by atoms with Crippen LogP contribution in [-0.4, -0.2) is 24.2 Å². The van der Waals surface area contributed by atoms with Crippen molar-refractivity contribution in [3.8, 4) is 0 Å². The number of carboxylic acid groups (broad SMARTS) is 1. The lowest BCUT2D eigenvalue weighted by Gasteiger charge is -2.29. The summed E-state index contributed by atoms with van der Waals surface area (Å²) in [6.07, 6.45) is 0. The van der Waals surface area contributed by atoms with E-state index in [1.165, 1.54) is 0 Å². The average molecular weight is 263 g/mol. The van der Waals surface area contributed by atoms with Gasteiger partial charge in [-0.2, -0.15) is 0 Å². The van der Waals surface area contributed by atoms with E-state index in [1.807, 2.05) is 19.1 Å². The van der Waals surface area contributed by atoms with Crippen LogP contribution in [0.2, 0.25) is 0 Å². The quantitative estimate of drug-likeness (QED) is 0.848. The summed E-state index contributed by atoms with van der Waals surface area (Å²) in [7, 11) is 0. The van der Waals surface area contributed by atoms with Crippen molar-refractivity contribution in [2.24, 2.45) is 11.8 Å². The predicted octanol–water partition coefficient (Wildman–Crippen LogP) is 3.81. The predicted molar refractivity (Wildman–Crippen MR) is 80.0 cm³/mol. The maximum Gasteiger partial charge on any atom is 0.335 e. The van der Waals surface area contributed by atoms with Gasteiger partial charge in [0.25, 0.3) is 0 Å². The highest BCUT2D eigenvalue weighted by atomic mass is 16.4. The first-order valence-electron chi connectivity index (χ1n) is 6.90. The van der Waals surface area contributed by atoms with Crippen LogP contribution in [-0.2, 0) is 0 Å². The van der Waals surface area contributed by atoms with Crippen molar-refractivity contribution >= 4 is 11.7 Å². The minimum atomic E-state index is -0.858. The Balaban J connectivity index is 3.02. The van der Waals surface area contributed by atoms with Gasteiger partial charge in [0.15, 0.2) is 0 Å². The minimum Gasteiger partial charge on any atom is -0.478 e. The van der Waals surface area contributed by atoms with Gasteiger partial charge in [0.1, 0.15) is 0 Å². The molecule has 0 amide bonds. The SMILES string of the molecule is Cc1cc(N(CC(C)C)CC(C)C)ccc1C(=O)O. The molecule has 106 valence electrons. The summed E-state index contributed by atoms with van der Waals surface area (Å²) in [5, 5.41) is 9.07. The van der Waals surface area contributed by atoms with Crippen molar-refractivity contribution in [1.82, 2.24) is 0 Å². The van der Waals surface area contributed by atoms with E-state index in [2.05, 4.69) is 32.6 Å². The summed E-state index contributed by atoms with van der Waals surface area (Å²) in [5.74, 6) is 0.305. The van der Waals surface area contributed by atoms with Gasteiger partial charge in [-0.3, -0.25) is 0 Å². The van der Waals surface area contributed by atoms with Crippen LogP contribution in [0.4, 0.5) is 5.69 Å². The molecule has 0 saturated carbocycles. The van der Waals surface area contributed by atoms with Crippen molar-refractivity contribution < 1.29 is 9.90 Å². The molecule has 19 heavy (non-hydrogen) atoms. The van der Waals surface area contributed by atoms with Crippen LogP contribution in [0.15, 0.2) is 18.2 Å². The van der Waals surface area contributed by atoms with Gasteiger partial charge in [-0.25, -0.2) is 4.79 Å². The van der Waals surface area contributed by atoms with Crippen molar-refractivity contribution in [3.63, 3.8) is 0 Å². The zero-order valence-electron chi connectivity index (χ0n) is 12.6. The highest BCUT2D eigenvalue weighted by Crippen LogP contribution is 2.21. The van der Waals surface area contributed by atoms with Crippen LogP contribution in [0.5, 0.6) is 0 Å². The fraction of sp³-hybridized carbons (Fsp3) is 0.562. The zero-order chi connectivity index (χ0) is 14.6.